The van der Waals surface area contributed by atoms with E-state index in [0.717, 1.165) is 5.69 Å². The molecule has 0 fully saturated rings. The van der Waals surface area contributed by atoms with Crippen LogP contribution in [0.5, 0.6) is 0 Å². The second-order valence-electron chi connectivity index (χ2n) is 6.70. The second kappa shape index (κ2) is 5.57. The summed E-state index contributed by atoms with van der Waals surface area (Å²) in [5.74, 6) is 0. The smallest absolute Gasteiger partial charge is 0.128 e. The van der Waals surface area contributed by atoms with Crippen molar-refractivity contribution in [1.29, 1.82) is 0 Å². The van der Waals surface area contributed by atoms with Crippen LogP contribution in [0.3, 0.4) is 0 Å². The third-order valence-corrected chi connectivity index (χ3v) is 10.6. The topological polar surface area (TPSA) is 12.9 Å². The number of hydrogen-bond acceptors (Lipinski definition) is 1. The molecule has 0 atom stereocenters. The number of benzene rings is 3. The van der Waals surface area contributed by atoms with Gasteiger partial charge in [-0.25, -0.2) is 0 Å². The Morgan fingerprint density at radius 2 is 1.27 bits per heavy atom. The summed E-state index contributed by atoms with van der Waals surface area (Å²) in [4.78, 5) is 4.77. The van der Waals surface area contributed by atoms with Crippen molar-refractivity contribution in [2.24, 2.45) is 0 Å². The molecule has 3 heterocycles. The number of rotatable bonds is 0. The normalized spacial score (nSPS) is 14.2. The first-order chi connectivity index (χ1) is 12.4. The van der Waals surface area contributed by atoms with Crippen LogP contribution in [-0.2, 0) is 19.5 Å². The Morgan fingerprint density at radius 3 is 2.00 bits per heavy atom. The van der Waals surface area contributed by atoms with E-state index < -0.39 is 8.07 Å². The number of fused-ring (bicyclic) bond motifs is 10. The van der Waals surface area contributed by atoms with E-state index in [4.69, 9.17) is 4.98 Å². The van der Waals surface area contributed by atoms with Gasteiger partial charge in [-0.3, -0.25) is 0 Å². The Labute approximate surface area is 166 Å². The molecular weight excluding hydrogens is 421 g/mol. The number of hydrogen-bond donors (Lipinski definition) is 0. The molecule has 0 amide bonds. The van der Waals surface area contributed by atoms with Crippen molar-refractivity contribution < 1.29 is 19.5 Å². The molecule has 4 aromatic rings. The van der Waals surface area contributed by atoms with Gasteiger partial charge in [0.1, 0.15) is 8.07 Å². The third kappa shape index (κ3) is 1.70. The molecule has 125 valence electrons. The van der Waals surface area contributed by atoms with Crippen molar-refractivity contribution in [2.45, 2.75) is 0 Å². The fourth-order valence-corrected chi connectivity index (χ4v) is 10.3. The average molecular weight is 435 g/mol. The molecule has 0 aliphatic carbocycles. The number of nitrogens with zero attached hydrogens (tertiary/aromatic N) is 1. The maximum Gasteiger partial charge on any atom is 0.128 e. The van der Waals surface area contributed by atoms with Gasteiger partial charge in [-0.1, -0.05) is 59.8 Å². The van der Waals surface area contributed by atoms with Crippen LogP contribution >= 0.6 is 0 Å². The molecule has 2 aliphatic rings. The SMILES string of the molecule is [Rh].[c-]1cccc2c1-c1ncccc1[Si]21c2ccccc2-c2ccccc21. The van der Waals surface area contributed by atoms with Crippen LogP contribution in [0.1, 0.15) is 0 Å². The summed E-state index contributed by atoms with van der Waals surface area (Å²) in [5.41, 5.74) is 5.08. The third-order valence-electron chi connectivity index (χ3n) is 5.66. The van der Waals surface area contributed by atoms with Gasteiger partial charge in [-0.15, -0.1) is 35.0 Å². The summed E-state index contributed by atoms with van der Waals surface area (Å²) in [6, 6.07) is 32.2. The van der Waals surface area contributed by atoms with Crippen LogP contribution < -0.4 is 20.7 Å². The molecular formula is C23H14NRhSi-. The fourth-order valence-electron chi connectivity index (χ4n) is 4.81. The summed E-state index contributed by atoms with van der Waals surface area (Å²) in [7, 11) is -2.25. The van der Waals surface area contributed by atoms with Crippen molar-refractivity contribution in [1.82, 2.24) is 4.98 Å². The van der Waals surface area contributed by atoms with Gasteiger partial charge in [0.2, 0.25) is 0 Å². The molecule has 1 radical (unpaired) electrons. The van der Waals surface area contributed by atoms with Crippen LogP contribution in [-0.4, -0.2) is 13.1 Å². The fraction of sp³-hybridized carbons (Fsp3) is 0. The minimum absolute atomic E-state index is 0. The van der Waals surface area contributed by atoms with Gasteiger partial charge in [-0.2, -0.15) is 0 Å². The van der Waals surface area contributed by atoms with Crippen LogP contribution in [0, 0.1) is 6.07 Å². The molecule has 1 aromatic heterocycles. The van der Waals surface area contributed by atoms with Gasteiger partial charge >= 0.3 is 0 Å². The molecule has 1 nitrogen and oxygen atoms in total. The molecule has 1 spiro atoms. The molecule has 26 heavy (non-hydrogen) atoms. The molecule has 0 unspecified atom stereocenters. The van der Waals surface area contributed by atoms with Crippen molar-refractivity contribution in [3.63, 3.8) is 0 Å². The van der Waals surface area contributed by atoms with Crippen molar-refractivity contribution in [2.75, 3.05) is 0 Å². The van der Waals surface area contributed by atoms with Crippen molar-refractivity contribution in [3.8, 4) is 22.4 Å². The summed E-state index contributed by atoms with van der Waals surface area (Å²) >= 11 is 0. The molecule has 3 aromatic carbocycles. The van der Waals surface area contributed by atoms with E-state index in [1.54, 1.807) is 0 Å². The minimum atomic E-state index is -2.25. The monoisotopic (exact) mass is 435 g/mol. The number of aromatic nitrogens is 1. The van der Waals surface area contributed by atoms with Gasteiger partial charge in [0.05, 0.1) is 0 Å². The van der Waals surface area contributed by atoms with E-state index >= 15 is 0 Å². The number of pyridine rings is 1. The summed E-state index contributed by atoms with van der Waals surface area (Å²) in [5, 5.41) is 5.82. The molecule has 0 saturated heterocycles. The summed E-state index contributed by atoms with van der Waals surface area (Å²) < 4.78 is 0. The van der Waals surface area contributed by atoms with E-state index in [2.05, 4.69) is 78.9 Å². The Bertz CT molecular complexity index is 980. The summed E-state index contributed by atoms with van der Waals surface area (Å²) in [6.07, 6.45) is 1.91. The Kier molecular flexibility index (Phi) is 3.40. The Hall–Kier alpha value is -2.35. The largest absolute Gasteiger partial charge is 0.305 e. The average Bonchev–Trinajstić information content (AvgIpc) is 3.16. The van der Waals surface area contributed by atoms with Crippen LogP contribution in [0.4, 0.5) is 0 Å². The summed E-state index contributed by atoms with van der Waals surface area (Å²) in [6.45, 7) is 0. The van der Waals surface area contributed by atoms with Gasteiger partial charge in [-0.05, 0) is 33.3 Å². The van der Waals surface area contributed by atoms with E-state index in [1.165, 1.54) is 37.4 Å². The molecule has 0 bridgehead atoms. The van der Waals surface area contributed by atoms with Crippen molar-refractivity contribution >= 4 is 28.8 Å². The first-order valence-electron chi connectivity index (χ1n) is 8.59. The molecule has 3 heteroatoms. The predicted molar refractivity (Wildman–Crippen MR) is 105 cm³/mol. The molecule has 2 aliphatic heterocycles. The van der Waals surface area contributed by atoms with E-state index in [-0.39, 0.29) is 19.5 Å². The van der Waals surface area contributed by atoms with Crippen LogP contribution in [0.25, 0.3) is 22.4 Å². The maximum atomic E-state index is 4.77. The maximum absolute atomic E-state index is 4.77. The van der Waals surface area contributed by atoms with Gasteiger partial charge in [0.15, 0.2) is 0 Å². The standard InChI is InChI=1S/C23H14NSi.Rh/c1-4-11-19-16(8-1)17-9-2-5-12-20(17)25(19)21-13-6-3-10-18(21)23-22(25)14-7-15-24-23;/h1-9,11-15H;/q-1;. The first-order valence-corrected chi connectivity index (χ1v) is 10.6. The van der Waals surface area contributed by atoms with E-state index in [1.807, 2.05) is 12.3 Å². The minimum Gasteiger partial charge on any atom is -0.305 e. The Balaban J connectivity index is 0.00000150. The molecule has 6 rings (SSSR count). The van der Waals surface area contributed by atoms with Crippen LogP contribution in [0.2, 0.25) is 0 Å². The van der Waals surface area contributed by atoms with E-state index in [0.29, 0.717) is 0 Å². The zero-order valence-electron chi connectivity index (χ0n) is 13.9. The van der Waals surface area contributed by atoms with Crippen LogP contribution in [0.15, 0.2) is 85.1 Å². The van der Waals surface area contributed by atoms with Crippen molar-refractivity contribution in [3.05, 3.63) is 91.1 Å². The van der Waals surface area contributed by atoms with E-state index in [9.17, 15) is 0 Å². The van der Waals surface area contributed by atoms with Gasteiger partial charge in [0.25, 0.3) is 0 Å². The zero-order valence-corrected chi connectivity index (χ0v) is 16.5. The predicted octanol–water partition coefficient (Wildman–Crippen LogP) is 2.22. The second-order valence-corrected chi connectivity index (χ2v) is 10.4. The quantitative estimate of drug-likeness (QED) is 0.264. The molecule has 0 N–H and O–H groups in total. The van der Waals surface area contributed by atoms with Gasteiger partial charge in [0, 0.05) is 25.7 Å². The molecule has 0 saturated carbocycles. The zero-order chi connectivity index (χ0) is 16.4. The van der Waals surface area contributed by atoms with Gasteiger partial charge < -0.3 is 4.98 Å². The Morgan fingerprint density at radius 1 is 0.654 bits per heavy atom. The first kappa shape index (κ1) is 15.9.